The van der Waals surface area contributed by atoms with E-state index < -0.39 is 5.60 Å². The predicted octanol–water partition coefficient (Wildman–Crippen LogP) is 2.01. The molecule has 0 radical (unpaired) electrons. The Bertz CT molecular complexity index is 413. The molecule has 0 saturated carbocycles. The lowest BCUT2D eigenvalue weighted by Gasteiger charge is -2.28. The maximum Gasteiger partial charge on any atom is 0.122 e. The van der Waals surface area contributed by atoms with Gasteiger partial charge < -0.3 is 19.5 Å². The van der Waals surface area contributed by atoms with Crippen LogP contribution in [0.15, 0.2) is 18.2 Å². The summed E-state index contributed by atoms with van der Waals surface area (Å²) in [6, 6.07) is 5.65. The van der Waals surface area contributed by atoms with Crippen molar-refractivity contribution in [2.24, 2.45) is 0 Å². The molecule has 4 nitrogen and oxygen atoms in total. The average Bonchev–Trinajstić information content (AvgIpc) is 2.61. The number of hydrogen-bond acceptors (Lipinski definition) is 4. The van der Waals surface area contributed by atoms with E-state index in [0.717, 1.165) is 49.4 Å². The smallest absolute Gasteiger partial charge is 0.122 e. The molecular formula is C15H23NO3. The molecule has 106 valence electrons. The number of hydrogen-bond donors (Lipinski definition) is 1. The Morgan fingerprint density at radius 3 is 2.26 bits per heavy atom. The zero-order chi connectivity index (χ0) is 13.9. The van der Waals surface area contributed by atoms with Gasteiger partial charge in [-0.25, -0.2) is 0 Å². The summed E-state index contributed by atoms with van der Waals surface area (Å²) in [6.07, 6.45) is 2.50. The Balaban J connectivity index is 2.32. The SMILES string of the molecule is COc1cc(OC)cc(C2(O)CCCN(C)CC2)c1. The first kappa shape index (κ1) is 14.2. The first-order valence-corrected chi connectivity index (χ1v) is 6.72. The molecule has 1 fully saturated rings. The van der Waals surface area contributed by atoms with Gasteiger partial charge in [0, 0.05) is 12.6 Å². The van der Waals surface area contributed by atoms with E-state index in [1.165, 1.54) is 0 Å². The Hall–Kier alpha value is -1.26. The topological polar surface area (TPSA) is 41.9 Å². The Morgan fingerprint density at radius 1 is 1.05 bits per heavy atom. The summed E-state index contributed by atoms with van der Waals surface area (Å²) < 4.78 is 10.6. The van der Waals surface area contributed by atoms with Crippen molar-refractivity contribution >= 4 is 0 Å². The molecule has 2 rings (SSSR count). The molecule has 0 aliphatic carbocycles. The molecule has 4 heteroatoms. The highest BCUT2D eigenvalue weighted by Crippen LogP contribution is 2.36. The van der Waals surface area contributed by atoms with Gasteiger partial charge >= 0.3 is 0 Å². The van der Waals surface area contributed by atoms with E-state index in [-0.39, 0.29) is 0 Å². The molecule has 0 aromatic heterocycles. The zero-order valence-corrected chi connectivity index (χ0v) is 12.0. The molecule has 1 N–H and O–H groups in total. The maximum absolute atomic E-state index is 10.9. The second kappa shape index (κ2) is 5.80. The fourth-order valence-corrected chi connectivity index (χ4v) is 2.62. The van der Waals surface area contributed by atoms with Gasteiger partial charge in [-0.05, 0) is 50.6 Å². The largest absolute Gasteiger partial charge is 0.497 e. The predicted molar refractivity (Wildman–Crippen MR) is 74.8 cm³/mol. The number of methoxy groups -OCH3 is 2. The second-order valence-corrected chi connectivity index (χ2v) is 5.29. The lowest BCUT2D eigenvalue weighted by molar-refractivity contribution is 0.0214. The van der Waals surface area contributed by atoms with Crippen LogP contribution in [0.2, 0.25) is 0 Å². The molecule has 1 aliphatic rings. The molecule has 0 bridgehead atoms. The molecule has 1 unspecified atom stereocenters. The van der Waals surface area contributed by atoms with E-state index in [1.54, 1.807) is 14.2 Å². The van der Waals surface area contributed by atoms with E-state index >= 15 is 0 Å². The fraction of sp³-hybridized carbons (Fsp3) is 0.600. The van der Waals surface area contributed by atoms with Crippen LogP contribution in [0.25, 0.3) is 0 Å². The van der Waals surface area contributed by atoms with Crippen LogP contribution in [0, 0.1) is 0 Å². The monoisotopic (exact) mass is 265 g/mol. The molecular weight excluding hydrogens is 242 g/mol. The Morgan fingerprint density at radius 2 is 1.68 bits per heavy atom. The van der Waals surface area contributed by atoms with Crippen LogP contribution >= 0.6 is 0 Å². The molecule has 1 aliphatic heterocycles. The normalized spacial score (nSPS) is 24.8. The first-order chi connectivity index (χ1) is 9.07. The number of rotatable bonds is 3. The third-order valence-electron chi connectivity index (χ3n) is 3.93. The lowest BCUT2D eigenvalue weighted by atomic mass is 9.86. The van der Waals surface area contributed by atoms with Crippen LogP contribution in [0.5, 0.6) is 11.5 Å². The van der Waals surface area contributed by atoms with Crippen LogP contribution < -0.4 is 9.47 Å². The van der Waals surface area contributed by atoms with E-state index in [2.05, 4.69) is 11.9 Å². The summed E-state index contributed by atoms with van der Waals surface area (Å²) >= 11 is 0. The molecule has 1 aromatic rings. The first-order valence-electron chi connectivity index (χ1n) is 6.72. The van der Waals surface area contributed by atoms with Crippen molar-refractivity contribution < 1.29 is 14.6 Å². The van der Waals surface area contributed by atoms with Crippen molar-refractivity contribution in [2.75, 3.05) is 34.4 Å². The molecule has 0 spiro atoms. The quantitative estimate of drug-likeness (QED) is 0.907. The molecule has 1 aromatic carbocycles. The van der Waals surface area contributed by atoms with Crippen LogP contribution in [0.3, 0.4) is 0 Å². The summed E-state index contributed by atoms with van der Waals surface area (Å²) in [5.74, 6) is 1.45. The molecule has 1 saturated heterocycles. The van der Waals surface area contributed by atoms with Crippen LogP contribution in [-0.2, 0) is 5.60 Å². The van der Waals surface area contributed by atoms with Gasteiger partial charge in [-0.1, -0.05) is 0 Å². The van der Waals surface area contributed by atoms with Gasteiger partial charge in [0.25, 0.3) is 0 Å². The number of nitrogens with zero attached hydrogens (tertiary/aromatic N) is 1. The van der Waals surface area contributed by atoms with Gasteiger partial charge in [0.1, 0.15) is 11.5 Å². The number of ether oxygens (including phenoxy) is 2. The molecule has 19 heavy (non-hydrogen) atoms. The van der Waals surface area contributed by atoms with Crippen molar-refractivity contribution in [3.05, 3.63) is 23.8 Å². The third kappa shape index (κ3) is 3.19. The van der Waals surface area contributed by atoms with Gasteiger partial charge in [0.15, 0.2) is 0 Å². The number of likely N-dealkylation sites (tertiary alicyclic amines) is 1. The van der Waals surface area contributed by atoms with Crippen molar-refractivity contribution in [3.8, 4) is 11.5 Å². The summed E-state index contributed by atoms with van der Waals surface area (Å²) in [4.78, 5) is 2.26. The third-order valence-corrected chi connectivity index (χ3v) is 3.93. The summed E-state index contributed by atoms with van der Waals surface area (Å²) in [6.45, 7) is 1.93. The van der Waals surface area contributed by atoms with E-state index in [4.69, 9.17) is 9.47 Å². The highest BCUT2D eigenvalue weighted by Gasteiger charge is 2.32. The van der Waals surface area contributed by atoms with Crippen molar-refractivity contribution in [3.63, 3.8) is 0 Å². The van der Waals surface area contributed by atoms with Gasteiger partial charge in [0.2, 0.25) is 0 Å². The van der Waals surface area contributed by atoms with Crippen molar-refractivity contribution in [1.29, 1.82) is 0 Å². The minimum atomic E-state index is -0.785. The zero-order valence-electron chi connectivity index (χ0n) is 12.0. The molecule has 1 atom stereocenters. The average molecular weight is 265 g/mol. The molecule has 1 heterocycles. The summed E-state index contributed by atoms with van der Waals surface area (Å²) in [5.41, 5.74) is 0.103. The fourth-order valence-electron chi connectivity index (χ4n) is 2.62. The van der Waals surface area contributed by atoms with E-state index in [1.807, 2.05) is 18.2 Å². The van der Waals surface area contributed by atoms with E-state index in [9.17, 15) is 5.11 Å². The maximum atomic E-state index is 10.9. The minimum Gasteiger partial charge on any atom is -0.497 e. The van der Waals surface area contributed by atoms with Crippen LogP contribution in [-0.4, -0.2) is 44.4 Å². The van der Waals surface area contributed by atoms with Gasteiger partial charge in [-0.2, -0.15) is 0 Å². The van der Waals surface area contributed by atoms with Gasteiger partial charge in [0.05, 0.1) is 19.8 Å². The summed E-state index contributed by atoms with van der Waals surface area (Å²) in [7, 11) is 5.35. The van der Waals surface area contributed by atoms with Crippen LogP contribution in [0.1, 0.15) is 24.8 Å². The minimum absolute atomic E-state index is 0.723. The van der Waals surface area contributed by atoms with E-state index in [0.29, 0.717) is 0 Å². The Labute approximate surface area is 114 Å². The van der Waals surface area contributed by atoms with Crippen LogP contribution in [0.4, 0.5) is 0 Å². The number of benzene rings is 1. The Kier molecular flexibility index (Phi) is 4.32. The molecule has 0 amide bonds. The van der Waals surface area contributed by atoms with Crippen molar-refractivity contribution in [1.82, 2.24) is 4.90 Å². The van der Waals surface area contributed by atoms with Gasteiger partial charge in [-0.15, -0.1) is 0 Å². The summed E-state index contributed by atoms with van der Waals surface area (Å²) in [5, 5.41) is 10.9. The lowest BCUT2D eigenvalue weighted by Crippen LogP contribution is -2.27. The number of aliphatic hydroxyl groups is 1. The van der Waals surface area contributed by atoms with Crippen molar-refractivity contribution in [2.45, 2.75) is 24.9 Å². The van der Waals surface area contributed by atoms with Gasteiger partial charge in [-0.3, -0.25) is 0 Å². The standard InChI is InChI=1S/C15H23NO3/c1-16-7-4-5-15(17,6-8-16)12-9-13(18-2)11-14(10-12)19-3/h9-11,17H,4-8H2,1-3H3. The highest BCUT2D eigenvalue weighted by atomic mass is 16.5. The highest BCUT2D eigenvalue weighted by molar-refractivity contribution is 5.41. The second-order valence-electron chi connectivity index (χ2n) is 5.29.